The molecule has 0 radical (unpaired) electrons. The summed E-state index contributed by atoms with van der Waals surface area (Å²) in [5.41, 5.74) is 12.5. The minimum Gasteiger partial charge on any atom is -0.496 e. The molecule has 0 unspecified atom stereocenters. The monoisotopic (exact) mass is 254 g/mol. The van der Waals surface area contributed by atoms with Gasteiger partial charge in [-0.2, -0.15) is 0 Å². The van der Waals surface area contributed by atoms with Gasteiger partial charge >= 0.3 is 0 Å². The molecule has 0 bridgehead atoms. The maximum Gasteiger partial charge on any atom is 0.164 e. The Bertz CT molecular complexity index is 383. The van der Waals surface area contributed by atoms with Crippen LogP contribution in [0.2, 0.25) is 0 Å². The second-order valence-electron chi connectivity index (χ2n) is 3.99. The molecule has 0 amide bonds. The van der Waals surface area contributed by atoms with Crippen molar-refractivity contribution in [2.45, 2.75) is 18.9 Å². The van der Waals surface area contributed by atoms with Gasteiger partial charge in [0.25, 0.3) is 0 Å². The van der Waals surface area contributed by atoms with Crippen LogP contribution in [0, 0.1) is 0 Å². The highest BCUT2D eigenvalue weighted by Crippen LogP contribution is 2.37. The van der Waals surface area contributed by atoms with Gasteiger partial charge in [-0.1, -0.05) is 0 Å². The Balaban J connectivity index is 3.08. The van der Waals surface area contributed by atoms with Crippen LogP contribution < -0.4 is 25.7 Å². The van der Waals surface area contributed by atoms with E-state index in [0.717, 1.165) is 18.4 Å². The Kier molecular flexibility index (Phi) is 5.74. The molecule has 0 aliphatic heterocycles. The van der Waals surface area contributed by atoms with Gasteiger partial charge in [0, 0.05) is 17.7 Å². The fourth-order valence-corrected chi connectivity index (χ4v) is 1.84. The van der Waals surface area contributed by atoms with Crippen LogP contribution in [0.25, 0.3) is 0 Å². The molecule has 1 rings (SSSR count). The number of rotatable bonds is 7. The highest BCUT2D eigenvalue weighted by molar-refractivity contribution is 5.51. The second-order valence-corrected chi connectivity index (χ2v) is 3.99. The summed E-state index contributed by atoms with van der Waals surface area (Å²) in [6, 6.07) is 3.53. The summed E-state index contributed by atoms with van der Waals surface area (Å²) in [6.45, 7) is 0.628. The lowest BCUT2D eigenvalue weighted by Gasteiger charge is -2.18. The average molecular weight is 254 g/mol. The van der Waals surface area contributed by atoms with Crippen LogP contribution in [0.5, 0.6) is 17.2 Å². The molecule has 4 N–H and O–H groups in total. The Labute approximate surface area is 108 Å². The van der Waals surface area contributed by atoms with E-state index in [1.54, 1.807) is 27.4 Å². The standard InChI is InChI=1S/C13H22N2O3/c1-16-11-8-13(18-3)12(17-2)7-9(11)10(15)5-4-6-14/h7-8,10H,4-6,14-15H2,1-3H3/t10-/m1/s1. The zero-order valence-corrected chi connectivity index (χ0v) is 11.2. The predicted molar refractivity (Wildman–Crippen MR) is 71.3 cm³/mol. The highest BCUT2D eigenvalue weighted by Gasteiger charge is 2.16. The van der Waals surface area contributed by atoms with Crippen molar-refractivity contribution in [2.75, 3.05) is 27.9 Å². The van der Waals surface area contributed by atoms with Crippen molar-refractivity contribution in [3.8, 4) is 17.2 Å². The topological polar surface area (TPSA) is 79.7 Å². The summed E-state index contributed by atoms with van der Waals surface area (Å²) in [5.74, 6) is 1.98. The first-order valence-corrected chi connectivity index (χ1v) is 5.93. The van der Waals surface area contributed by atoms with Gasteiger partial charge < -0.3 is 25.7 Å². The molecule has 0 aromatic heterocycles. The number of benzene rings is 1. The fraction of sp³-hybridized carbons (Fsp3) is 0.538. The first kappa shape index (κ1) is 14.6. The van der Waals surface area contributed by atoms with Crippen molar-refractivity contribution >= 4 is 0 Å². The van der Waals surface area contributed by atoms with E-state index in [1.807, 2.05) is 6.07 Å². The van der Waals surface area contributed by atoms with Crippen LogP contribution in [0.4, 0.5) is 0 Å². The maximum atomic E-state index is 6.14. The summed E-state index contributed by atoms with van der Waals surface area (Å²) in [6.07, 6.45) is 1.68. The molecule has 0 saturated carbocycles. The SMILES string of the molecule is COc1cc(OC)c([C@H](N)CCCN)cc1OC. The van der Waals surface area contributed by atoms with Gasteiger partial charge in [-0.15, -0.1) is 0 Å². The van der Waals surface area contributed by atoms with E-state index in [0.29, 0.717) is 23.8 Å². The molecule has 18 heavy (non-hydrogen) atoms. The first-order chi connectivity index (χ1) is 8.67. The van der Waals surface area contributed by atoms with Crippen molar-refractivity contribution in [1.82, 2.24) is 0 Å². The number of ether oxygens (including phenoxy) is 3. The third-order valence-electron chi connectivity index (χ3n) is 2.85. The normalized spacial score (nSPS) is 12.1. The van der Waals surface area contributed by atoms with Gasteiger partial charge in [-0.3, -0.25) is 0 Å². The fourth-order valence-electron chi connectivity index (χ4n) is 1.84. The summed E-state index contributed by atoms with van der Waals surface area (Å²) >= 11 is 0. The van der Waals surface area contributed by atoms with Crippen LogP contribution in [-0.2, 0) is 0 Å². The van der Waals surface area contributed by atoms with E-state index in [2.05, 4.69) is 0 Å². The number of methoxy groups -OCH3 is 3. The molecule has 5 nitrogen and oxygen atoms in total. The minimum atomic E-state index is -0.122. The molecular formula is C13H22N2O3. The van der Waals surface area contributed by atoms with Gasteiger partial charge in [0.15, 0.2) is 11.5 Å². The molecule has 102 valence electrons. The second kappa shape index (κ2) is 7.08. The molecular weight excluding hydrogens is 232 g/mol. The predicted octanol–water partition coefficient (Wildman–Crippen LogP) is 1.45. The lowest BCUT2D eigenvalue weighted by molar-refractivity contribution is 0.346. The van der Waals surface area contributed by atoms with Gasteiger partial charge in [0.05, 0.1) is 21.3 Å². The van der Waals surface area contributed by atoms with Gasteiger partial charge in [0.2, 0.25) is 0 Å². The molecule has 0 aliphatic carbocycles. The molecule has 0 saturated heterocycles. The molecule has 5 heteroatoms. The molecule has 0 spiro atoms. The van der Waals surface area contributed by atoms with E-state index in [9.17, 15) is 0 Å². The van der Waals surface area contributed by atoms with Crippen LogP contribution in [0.3, 0.4) is 0 Å². The van der Waals surface area contributed by atoms with Crippen LogP contribution >= 0.6 is 0 Å². The Morgan fingerprint density at radius 1 is 1.00 bits per heavy atom. The molecule has 1 aromatic carbocycles. The van der Waals surface area contributed by atoms with E-state index in [-0.39, 0.29) is 6.04 Å². The van der Waals surface area contributed by atoms with E-state index >= 15 is 0 Å². The summed E-state index contributed by atoms with van der Waals surface area (Å²) in [7, 11) is 4.80. The van der Waals surface area contributed by atoms with Crippen molar-refractivity contribution in [1.29, 1.82) is 0 Å². The molecule has 1 atom stereocenters. The minimum absolute atomic E-state index is 0.122. The van der Waals surface area contributed by atoms with Gasteiger partial charge in [-0.05, 0) is 25.5 Å². The smallest absolute Gasteiger partial charge is 0.164 e. The Hall–Kier alpha value is -1.46. The van der Waals surface area contributed by atoms with Crippen molar-refractivity contribution in [2.24, 2.45) is 11.5 Å². The third kappa shape index (κ3) is 3.27. The number of hydrogen-bond donors (Lipinski definition) is 2. The largest absolute Gasteiger partial charge is 0.496 e. The zero-order valence-electron chi connectivity index (χ0n) is 11.2. The van der Waals surface area contributed by atoms with Crippen LogP contribution in [-0.4, -0.2) is 27.9 Å². The van der Waals surface area contributed by atoms with E-state index in [1.165, 1.54) is 0 Å². The van der Waals surface area contributed by atoms with Crippen molar-refractivity contribution in [3.63, 3.8) is 0 Å². The van der Waals surface area contributed by atoms with Gasteiger partial charge in [0.1, 0.15) is 5.75 Å². The highest BCUT2D eigenvalue weighted by atomic mass is 16.5. The molecule has 1 aromatic rings. The number of hydrogen-bond acceptors (Lipinski definition) is 5. The van der Waals surface area contributed by atoms with Crippen molar-refractivity contribution < 1.29 is 14.2 Å². The zero-order chi connectivity index (χ0) is 13.5. The van der Waals surface area contributed by atoms with Crippen LogP contribution in [0.1, 0.15) is 24.4 Å². The summed E-state index contributed by atoms with van der Waals surface area (Å²) in [4.78, 5) is 0. The molecule has 0 fully saturated rings. The summed E-state index contributed by atoms with van der Waals surface area (Å²) in [5, 5.41) is 0. The number of nitrogens with two attached hydrogens (primary N) is 2. The molecule has 0 aliphatic rings. The first-order valence-electron chi connectivity index (χ1n) is 5.93. The lowest BCUT2D eigenvalue weighted by atomic mass is 10.0. The van der Waals surface area contributed by atoms with E-state index < -0.39 is 0 Å². The van der Waals surface area contributed by atoms with Crippen LogP contribution in [0.15, 0.2) is 12.1 Å². The van der Waals surface area contributed by atoms with Gasteiger partial charge in [-0.25, -0.2) is 0 Å². The lowest BCUT2D eigenvalue weighted by Crippen LogP contribution is -2.14. The quantitative estimate of drug-likeness (QED) is 0.770. The third-order valence-corrected chi connectivity index (χ3v) is 2.85. The molecule has 0 heterocycles. The van der Waals surface area contributed by atoms with Crippen molar-refractivity contribution in [3.05, 3.63) is 17.7 Å². The summed E-state index contributed by atoms with van der Waals surface area (Å²) < 4.78 is 15.8. The maximum absolute atomic E-state index is 6.14. The Morgan fingerprint density at radius 3 is 2.06 bits per heavy atom. The van der Waals surface area contributed by atoms with E-state index in [4.69, 9.17) is 25.7 Å². The Morgan fingerprint density at radius 2 is 1.56 bits per heavy atom. The average Bonchev–Trinajstić information content (AvgIpc) is 2.42.